The molecule has 8 heteroatoms. The van der Waals surface area contributed by atoms with Crippen LogP contribution < -0.4 is 11.1 Å². The molecule has 4 aromatic rings. The van der Waals surface area contributed by atoms with Gasteiger partial charge in [0.2, 0.25) is 15.6 Å². The van der Waals surface area contributed by atoms with Gasteiger partial charge in [-0.3, -0.25) is 4.79 Å². The van der Waals surface area contributed by atoms with E-state index in [2.05, 4.69) is 21.2 Å². The maximum atomic E-state index is 13.6. The normalized spacial score (nSPS) is 11.3. The van der Waals surface area contributed by atoms with Crippen LogP contribution in [0.5, 0.6) is 0 Å². The van der Waals surface area contributed by atoms with Gasteiger partial charge in [-0.25, -0.2) is 8.42 Å². The highest BCUT2D eigenvalue weighted by atomic mass is 79.9. The van der Waals surface area contributed by atoms with Crippen LogP contribution in [0.25, 0.3) is 0 Å². The van der Waals surface area contributed by atoms with Crippen molar-refractivity contribution in [2.45, 2.75) is 16.7 Å². The Morgan fingerprint density at radius 3 is 2.19 bits per heavy atom. The van der Waals surface area contributed by atoms with Crippen molar-refractivity contribution in [3.63, 3.8) is 0 Å². The molecule has 0 aliphatic rings. The third-order valence-corrected chi connectivity index (χ3v) is 8.48. The number of carbonyl (C=O) groups is 1. The minimum atomic E-state index is -3.99. The molecule has 0 amide bonds. The van der Waals surface area contributed by atoms with Crippen LogP contribution in [0, 0.1) is 6.92 Å². The summed E-state index contributed by atoms with van der Waals surface area (Å²) in [6.45, 7) is 1.93. The molecule has 0 aliphatic carbocycles. The summed E-state index contributed by atoms with van der Waals surface area (Å²) in [5.74, 6) is -0.319. The lowest BCUT2D eigenvalue weighted by atomic mass is 10.1. The first kappa shape index (κ1) is 22.3. The summed E-state index contributed by atoms with van der Waals surface area (Å²) in [4.78, 5) is 13.4. The van der Waals surface area contributed by atoms with Gasteiger partial charge in [-0.2, -0.15) is 0 Å². The number of thiophene rings is 1. The van der Waals surface area contributed by atoms with Crippen molar-refractivity contribution in [2.75, 3.05) is 11.1 Å². The quantitative estimate of drug-likeness (QED) is 0.291. The molecule has 1 heterocycles. The standard InChI is InChI=1S/C24H19BrN2O3S2/c1-15-7-9-16(10-8-15)21(28)22-20(26)23(24(31-22)27-18-5-3-2-4-6-18)32(29,30)19-13-11-17(25)12-14-19/h2-14,27H,26H2,1H3. The highest BCUT2D eigenvalue weighted by molar-refractivity contribution is 9.10. The summed E-state index contributed by atoms with van der Waals surface area (Å²) in [6, 6.07) is 22.6. The van der Waals surface area contributed by atoms with Crippen molar-refractivity contribution >= 4 is 59.3 Å². The lowest BCUT2D eigenvalue weighted by Crippen LogP contribution is -2.08. The van der Waals surface area contributed by atoms with Crippen molar-refractivity contribution in [1.82, 2.24) is 0 Å². The topological polar surface area (TPSA) is 89.3 Å². The fourth-order valence-electron chi connectivity index (χ4n) is 3.17. The monoisotopic (exact) mass is 526 g/mol. The molecule has 0 fully saturated rings. The van der Waals surface area contributed by atoms with Crippen LogP contribution in [0.4, 0.5) is 16.4 Å². The number of rotatable bonds is 6. The lowest BCUT2D eigenvalue weighted by Gasteiger charge is -2.10. The Labute approximate surface area is 199 Å². The summed E-state index contributed by atoms with van der Waals surface area (Å²) < 4.78 is 27.9. The predicted molar refractivity (Wildman–Crippen MR) is 133 cm³/mol. The van der Waals surface area contributed by atoms with Crippen LogP contribution in [-0.4, -0.2) is 14.2 Å². The van der Waals surface area contributed by atoms with Crippen molar-refractivity contribution in [2.24, 2.45) is 0 Å². The number of ketones is 1. The molecular weight excluding hydrogens is 508 g/mol. The maximum absolute atomic E-state index is 13.6. The van der Waals surface area contributed by atoms with Crippen molar-refractivity contribution in [1.29, 1.82) is 0 Å². The number of benzene rings is 3. The molecule has 32 heavy (non-hydrogen) atoms. The average Bonchev–Trinajstić information content (AvgIpc) is 3.11. The SMILES string of the molecule is Cc1ccc(C(=O)c2sc(Nc3ccccc3)c(S(=O)(=O)c3ccc(Br)cc3)c2N)cc1. The molecule has 162 valence electrons. The zero-order chi connectivity index (χ0) is 22.9. The Hall–Kier alpha value is -2.94. The van der Waals surface area contributed by atoms with E-state index in [1.807, 2.05) is 49.4 Å². The summed E-state index contributed by atoms with van der Waals surface area (Å²) in [5.41, 5.74) is 8.44. The number of carbonyl (C=O) groups excluding carboxylic acids is 1. The van der Waals surface area contributed by atoms with E-state index in [-0.39, 0.29) is 26.1 Å². The fourth-order valence-corrected chi connectivity index (χ4v) is 6.36. The number of nitrogens with one attached hydrogen (secondary N) is 1. The van der Waals surface area contributed by atoms with Gasteiger partial charge in [0.1, 0.15) is 14.8 Å². The molecule has 0 bridgehead atoms. The Balaban J connectivity index is 1.87. The number of para-hydroxylation sites is 1. The van der Waals surface area contributed by atoms with Crippen LogP contribution in [0.1, 0.15) is 20.8 Å². The van der Waals surface area contributed by atoms with Crippen LogP contribution in [0.2, 0.25) is 0 Å². The second kappa shape index (κ2) is 8.90. The van der Waals surface area contributed by atoms with Gasteiger partial charge in [-0.05, 0) is 43.3 Å². The first-order valence-corrected chi connectivity index (χ1v) is 12.7. The third-order valence-electron chi connectivity index (χ3n) is 4.84. The van der Waals surface area contributed by atoms with Crippen LogP contribution in [-0.2, 0) is 9.84 Å². The van der Waals surface area contributed by atoms with Gasteiger partial charge in [-0.1, -0.05) is 64.0 Å². The average molecular weight is 527 g/mol. The van der Waals surface area contributed by atoms with Gasteiger partial charge in [0, 0.05) is 15.7 Å². The summed E-state index contributed by atoms with van der Waals surface area (Å²) in [5, 5.41) is 3.43. The predicted octanol–water partition coefficient (Wildman–Crippen LogP) is 6.21. The number of hydrogen-bond acceptors (Lipinski definition) is 6. The Morgan fingerprint density at radius 2 is 1.56 bits per heavy atom. The van der Waals surface area contributed by atoms with Gasteiger partial charge >= 0.3 is 0 Å². The fraction of sp³-hybridized carbons (Fsp3) is 0.0417. The molecule has 0 radical (unpaired) electrons. The molecule has 3 N–H and O–H groups in total. The Kier molecular flexibility index (Phi) is 6.19. The Bertz CT molecular complexity index is 1380. The highest BCUT2D eigenvalue weighted by Gasteiger charge is 2.31. The molecule has 0 unspecified atom stereocenters. The first-order chi connectivity index (χ1) is 15.3. The molecule has 4 rings (SSSR count). The molecule has 3 aromatic carbocycles. The van der Waals surface area contributed by atoms with Crippen molar-refractivity contribution in [3.05, 3.63) is 99.3 Å². The summed E-state index contributed by atoms with van der Waals surface area (Å²) >= 11 is 4.36. The summed E-state index contributed by atoms with van der Waals surface area (Å²) in [6.07, 6.45) is 0. The van der Waals surface area contributed by atoms with Gasteiger partial charge in [0.05, 0.1) is 10.6 Å². The number of nitrogens with two attached hydrogens (primary N) is 1. The van der Waals surface area contributed by atoms with E-state index in [9.17, 15) is 13.2 Å². The molecular formula is C24H19BrN2O3S2. The molecule has 0 spiro atoms. The van der Waals surface area contributed by atoms with Gasteiger partial charge in [0.25, 0.3) is 0 Å². The first-order valence-electron chi connectivity index (χ1n) is 9.64. The van der Waals surface area contributed by atoms with E-state index < -0.39 is 9.84 Å². The van der Waals surface area contributed by atoms with Gasteiger partial charge < -0.3 is 11.1 Å². The molecule has 5 nitrogen and oxygen atoms in total. The highest BCUT2D eigenvalue weighted by Crippen LogP contribution is 2.44. The maximum Gasteiger partial charge on any atom is 0.211 e. The van der Waals surface area contributed by atoms with E-state index in [0.29, 0.717) is 16.3 Å². The number of aryl methyl sites for hydroxylation is 1. The zero-order valence-electron chi connectivity index (χ0n) is 17.0. The van der Waals surface area contributed by atoms with E-state index in [0.717, 1.165) is 21.4 Å². The third kappa shape index (κ3) is 4.34. The molecule has 0 atom stereocenters. The van der Waals surface area contributed by atoms with E-state index >= 15 is 0 Å². The molecule has 1 aromatic heterocycles. The number of nitrogen functional groups attached to an aromatic ring is 1. The second-order valence-electron chi connectivity index (χ2n) is 7.15. The minimum Gasteiger partial charge on any atom is -0.396 e. The van der Waals surface area contributed by atoms with E-state index in [1.165, 1.54) is 12.1 Å². The van der Waals surface area contributed by atoms with Crippen LogP contribution >= 0.6 is 27.3 Å². The number of sulfone groups is 1. The van der Waals surface area contributed by atoms with Gasteiger partial charge in [0.15, 0.2) is 0 Å². The lowest BCUT2D eigenvalue weighted by molar-refractivity contribution is 0.104. The largest absolute Gasteiger partial charge is 0.396 e. The van der Waals surface area contributed by atoms with Crippen molar-refractivity contribution in [3.8, 4) is 0 Å². The number of anilines is 3. The summed E-state index contributed by atoms with van der Waals surface area (Å²) in [7, 11) is -3.99. The van der Waals surface area contributed by atoms with E-state index in [4.69, 9.17) is 5.73 Å². The smallest absolute Gasteiger partial charge is 0.211 e. The molecule has 0 saturated heterocycles. The number of hydrogen-bond donors (Lipinski definition) is 2. The molecule has 0 saturated carbocycles. The van der Waals surface area contributed by atoms with E-state index in [1.54, 1.807) is 24.3 Å². The minimum absolute atomic E-state index is 0.0538. The van der Waals surface area contributed by atoms with Crippen molar-refractivity contribution < 1.29 is 13.2 Å². The Morgan fingerprint density at radius 1 is 0.938 bits per heavy atom. The number of halogens is 1. The van der Waals surface area contributed by atoms with Crippen LogP contribution in [0.15, 0.2) is 93.1 Å². The second-order valence-corrected chi connectivity index (χ2v) is 11.0. The van der Waals surface area contributed by atoms with Crippen LogP contribution in [0.3, 0.4) is 0 Å². The zero-order valence-corrected chi connectivity index (χ0v) is 20.2. The molecule has 0 aliphatic heterocycles. The van der Waals surface area contributed by atoms with Gasteiger partial charge in [-0.15, -0.1) is 11.3 Å².